The van der Waals surface area contributed by atoms with Gasteiger partial charge in [0, 0.05) is 103 Å². The summed E-state index contributed by atoms with van der Waals surface area (Å²) in [7, 11) is 8.41. The highest BCUT2D eigenvalue weighted by atomic mass is 16.5. The van der Waals surface area contributed by atoms with E-state index in [0.29, 0.717) is 55.1 Å². The molecule has 4 saturated heterocycles. The zero-order valence-corrected chi connectivity index (χ0v) is 35.2. The topological polar surface area (TPSA) is 166 Å². The number of pyridine rings is 2. The first kappa shape index (κ1) is 40.2. The van der Waals surface area contributed by atoms with E-state index in [4.69, 9.17) is 14.2 Å². The number of imide groups is 1. The molecule has 7 heterocycles. The number of aromatic nitrogens is 4. The number of rotatable bonds is 10. The number of ether oxygens (including phenoxy) is 3. The third-order valence-electron chi connectivity index (χ3n) is 13.0. The quantitative estimate of drug-likeness (QED) is 0.205. The van der Waals surface area contributed by atoms with E-state index in [1.54, 1.807) is 50.8 Å². The maximum absolute atomic E-state index is 13.8. The lowest BCUT2D eigenvalue weighted by molar-refractivity contribution is -0.139. The number of methoxy groups -OCH3 is 3. The number of hydrogen-bond donors (Lipinski definition) is 1. The van der Waals surface area contributed by atoms with Gasteiger partial charge in [-0.15, -0.1) is 0 Å². The molecule has 0 saturated carbocycles. The van der Waals surface area contributed by atoms with Crippen LogP contribution in [-0.2, 0) is 39.8 Å². The summed E-state index contributed by atoms with van der Waals surface area (Å²) in [5.41, 5.74) is 4.38. The molecule has 9 rings (SSSR count). The zero-order chi connectivity index (χ0) is 42.7. The van der Waals surface area contributed by atoms with Crippen molar-refractivity contribution < 1.29 is 28.6 Å². The van der Waals surface area contributed by atoms with E-state index in [1.165, 1.54) is 4.57 Å². The maximum atomic E-state index is 13.8. The Morgan fingerprint density at radius 1 is 0.852 bits per heavy atom. The van der Waals surface area contributed by atoms with Crippen molar-refractivity contribution in [2.45, 2.75) is 50.4 Å². The van der Waals surface area contributed by atoms with Crippen LogP contribution in [0.15, 0.2) is 58.4 Å². The number of nitrogens with one attached hydrogen (secondary N) is 1. The Labute approximate surface area is 352 Å². The van der Waals surface area contributed by atoms with Gasteiger partial charge < -0.3 is 33.5 Å². The van der Waals surface area contributed by atoms with E-state index in [2.05, 4.69) is 25.0 Å². The van der Waals surface area contributed by atoms with E-state index in [-0.39, 0.29) is 54.6 Å². The highest BCUT2D eigenvalue weighted by molar-refractivity contribution is 6.01. The van der Waals surface area contributed by atoms with Crippen LogP contribution in [0.3, 0.4) is 0 Å². The molecule has 3 amide bonds. The Morgan fingerprint density at radius 2 is 1.59 bits per heavy atom. The van der Waals surface area contributed by atoms with Crippen molar-refractivity contribution in [3.63, 3.8) is 0 Å². The molecule has 1 N–H and O–H groups in total. The molecular formula is C44H51N9O8. The van der Waals surface area contributed by atoms with E-state index < -0.39 is 11.9 Å². The lowest BCUT2D eigenvalue weighted by Gasteiger charge is -2.43. The fraction of sp³-hybridized carbons (Fsp3) is 0.455. The van der Waals surface area contributed by atoms with Gasteiger partial charge in [0.05, 0.1) is 54.5 Å². The zero-order valence-electron chi connectivity index (χ0n) is 35.2. The molecule has 1 unspecified atom stereocenters. The summed E-state index contributed by atoms with van der Waals surface area (Å²) < 4.78 is 22.1. The van der Waals surface area contributed by atoms with E-state index in [1.807, 2.05) is 47.5 Å². The summed E-state index contributed by atoms with van der Waals surface area (Å²) in [5, 5.41) is 3.68. The maximum Gasteiger partial charge on any atom is 0.329 e. The molecule has 320 valence electrons. The smallest absolute Gasteiger partial charge is 0.329 e. The summed E-state index contributed by atoms with van der Waals surface area (Å²) in [6.45, 7) is 4.83. The monoisotopic (exact) mass is 833 g/mol. The number of carbonyl (C=O) groups excluding carboxylic acids is 3. The second-order valence-corrected chi connectivity index (χ2v) is 16.5. The molecule has 61 heavy (non-hydrogen) atoms. The normalized spacial score (nSPS) is 19.5. The molecule has 0 aliphatic carbocycles. The Bertz CT molecular complexity index is 2670. The Hall–Kier alpha value is -6.20. The van der Waals surface area contributed by atoms with Gasteiger partial charge in [-0.25, -0.2) is 9.78 Å². The molecule has 17 heteroatoms. The number of para-hydroxylation sites is 1. The van der Waals surface area contributed by atoms with Crippen molar-refractivity contribution in [3.05, 3.63) is 75.2 Å². The van der Waals surface area contributed by atoms with Gasteiger partial charge in [0.1, 0.15) is 23.4 Å². The fourth-order valence-corrected chi connectivity index (χ4v) is 9.62. The molecule has 3 aromatic heterocycles. The van der Waals surface area contributed by atoms with Crippen molar-refractivity contribution in [3.8, 4) is 22.6 Å². The first-order valence-electron chi connectivity index (χ1n) is 20.8. The van der Waals surface area contributed by atoms with Crippen LogP contribution in [0, 0.1) is 0 Å². The van der Waals surface area contributed by atoms with Crippen LogP contribution >= 0.6 is 0 Å². The number of fused-ring (bicyclic) bond motifs is 2. The average molecular weight is 834 g/mol. The Morgan fingerprint density at radius 3 is 2.26 bits per heavy atom. The van der Waals surface area contributed by atoms with Crippen molar-refractivity contribution in [2.24, 2.45) is 14.1 Å². The second kappa shape index (κ2) is 16.0. The number of benzene rings is 2. The van der Waals surface area contributed by atoms with Crippen molar-refractivity contribution in [1.82, 2.24) is 33.8 Å². The van der Waals surface area contributed by atoms with Gasteiger partial charge >= 0.3 is 5.69 Å². The Balaban J connectivity index is 0.890. The predicted octanol–water partition coefficient (Wildman–Crippen LogP) is 2.40. The lowest BCUT2D eigenvalue weighted by atomic mass is 9.98. The molecule has 1 atom stereocenters. The van der Waals surface area contributed by atoms with Crippen LogP contribution < -0.4 is 35.8 Å². The molecule has 0 spiro atoms. The summed E-state index contributed by atoms with van der Waals surface area (Å²) in [6, 6.07) is 11.0. The number of piperazine rings is 1. The largest absolute Gasteiger partial charge is 0.496 e. The van der Waals surface area contributed by atoms with Gasteiger partial charge in [0.15, 0.2) is 0 Å². The number of aryl methyl sites for hydroxylation is 2. The van der Waals surface area contributed by atoms with Crippen LogP contribution in [-0.4, -0.2) is 125 Å². The van der Waals surface area contributed by atoms with E-state index in [9.17, 15) is 24.0 Å². The first-order chi connectivity index (χ1) is 29.5. The third kappa shape index (κ3) is 7.08. The Kier molecular flexibility index (Phi) is 10.6. The van der Waals surface area contributed by atoms with Crippen molar-refractivity contribution in [1.29, 1.82) is 0 Å². The summed E-state index contributed by atoms with van der Waals surface area (Å²) in [4.78, 5) is 78.3. The predicted molar refractivity (Wildman–Crippen MR) is 229 cm³/mol. The van der Waals surface area contributed by atoms with Crippen LogP contribution in [0.5, 0.6) is 11.5 Å². The molecule has 5 aromatic rings. The summed E-state index contributed by atoms with van der Waals surface area (Å²) in [6.07, 6.45) is 5.64. The van der Waals surface area contributed by atoms with Gasteiger partial charge in [-0.2, -0.15) is 0 Å². The fourth-order valence-electron chi connectivity index (χ4n) is 9.62. The number of piperidine rings is 2. The van der Waals surface area contributed by atoms with E-state index >= 15 is 0 Å². The lowest BCUT2D eigenvalue weighted by Crippen LogP contribution is -2.56. The number of carbonyl (C=O) groups is 3. The minimum atomic E-state index is -0.749. The van der Waals surface area contributed by atoms with E-state index in [0.717, 1.165) is 65.0 Å². The molecule has 0 bridgehead atoms. The minimum absolute atomic E-state index is 0.0742. The number of amides is 3. The number of anilines is 2. The van der Waals surface area contributed by atoms with Gasteiger partial charge in [-0.1, -0.05) is 6.07 Å². The highest BCUT2D eigenvalue weighted by Crippen LogP contribution is 2.39. The van der Waals surface area contributed by atoms with Crippen molar-refractivity contribution in [2.75, 3.05) is 76.9 Å². The second-order valence-electron chi connectivity index (χ2n) is 16.5. The third-order valence-corrected chi connectivity index (χ3v) is 13.0. The summed E-state index contributed by atoms with van der Waals surface area (Å²) in [5.74, 6) is 1.32. The molecule has 0 radical (unpaired) electrons. The molecular weight excluding hydrogens is 783 g/mol. The number of nitrogens with zero attached hydrogens (tertiary/aromatic N) is 8. The molecule has 2 aromatic carbocycles. The molecule has 17 nitrogen and oxygen atoms in total. The average Bonchev–Trinajstić information content (AvgIpc) is 3.50. The van der Waals surface area contributed by atoms with Gasteiger partial charge in [0.25, 0.3) is 5.56 Å². The van der Waals surface area contributed by atoms with Gasteiger partial charge in [-0.3, -0.25) is 38.5 Å². The van der Waals surface area contributed by atoms with Crippen LogP contribution in [0.4, 0.5) is 11.5 Å². The number of hydrogen-bond acceptors (Lipinski definition) is 12. The summed E-state index contributed by atoms with van der Waals surface area (Å²) >= 11 is 0. The standard InChI is InChI=1S/C44H51N9O8/c1-47-23-31(29-19-38(45-20-30(29)43(47)57)51-21-28(22-51)59-3)26-17-36(60-4)32(37(18-26)61-5)24-49-15-16-52(40(55)25-49)27-11-13-50(14-12-27)33-7-6-8-34-41(33)48(2)44(58)53(34)35-9-10-39(54)46-42(35)56/h6-8,17-20,23,27-28,35H,9-16,21-22,24-25H2,1-5H3,(H,46,54,56). The first-order valence-corrected chi connectivity index (χ1v) is 20.8. The van der Waals surface area contributed by atoms with Gasteiger partial charge in [0.2, 0.25) is 17.7 Å². The SMILES string of the molecule is COc1cc(-c2cn(C)c(=O)c3cnc(N4CC(OC)C4)cc23)cc(OC)c1CN1CCN(C2CCN(c3cccc4c3n(C)c(=O)n4C3CCC(=O)NC3=O)CC2)C(=O)C1. The number of imidazole rings is 1. The molecule has 4 fully saturated rings. The van der Waals surface area contributed by atoms with Crippen LogP contribution in [0.1, 0.15) is 37.3 Å². The van der Waals surface area contributed by atoms with Crippen molar-refractivity contribution >= 4 is 51.0 Å². The van der Waals surface area contributed by atoms with Crippen LogP contribution in [0.25, 0.3) is 32.9 Å². The molecule has 4 aliphatic heterocycles. The van der Waals surface area contributed by atoms with Gasteiger partial charge in [-0.05, 0) is 55.2 Å². The highest BCUT2D eigenvalue weighted by Gasteiger charge is 2.35. The molecule has 4 aliphatic rings. The van der Waals surface area contributed by atoms with Crippen LogP contribution in [0.2, 0.25) is 0 Å². The minimum Gasteiger partial charge on any atom is -0.496 e.